The summed E-state index contributed by atoms with van der Waals surface area (Å²) in [6.07, 6.45) is 3.43. The van der Waals surface area contributed by atoms with Gasteiger partial charge in [0.1, 0.15) is 12.4 Å². The monoisotopic (exact) mass is 378 g/mol. The lowest BCUT2D eigenvalue weighted by molar-refractivity contribution is 0.362. The van der Waals surface area contributed by atoms with Crippen LogP contribution in [0.5, 0.6) is 5.75 Å². The van der Waals surface area contributed by atoms with Crippen LogP contribution in [0, 0.1) is 0 Å². The van der Waals surface area contributed by atoms with Gasteiger partial charge in [-0.3, -0.25) is 0 Å². The zero-order chi connectivity index (χ0) is 15.8. The normalized spacial score (nSPS) is 10.6. The highest BCUT2D eigenvalue weighted by atomic mass is 79.9. The van der Waals surface area contributed by atoms with E-state index in [1.54, 1.807) is 12.3 Å². The quantitative estimate of drug-likeness (QED) is 0.426. The van der Waals surface area contributed by atoms with Crippen molar-refractivity contribution in [2.45, 2.75) is 6.54 Å². The molecule has 0 aliphatic heterocycles. The molecular formula is C17H16BrClN2O. The molecule has 0 saturated carbocycles. The Morgan fingerprint density at radius 3 is 2.86 bits per heavy atom. The van der Waals surface area contributed by atoms with Gasteiger partial charge >= 0.3 is 0 Å². The standard InChI is InChI=1S/C17H16BrClN2O/c1-2-9-22-17-8-7-15(18)10-14(17)12-21-20-11-13-5-3-4-6-16(13)19/h2-8,10,12,20H,1,9,11H2/b21-12-. The van der Waals surface area contributed by atoms with Gasteiger partial charge in [0.25, 0.3) is 0 Å². The van der Waals surface area contributed by atoms with E-state index in [-0.39, 0.29) is 0 Å². The Balaban J connectivity index is 2.01. The molecule has 0 amide bonds. The van der Waals surface area contributed by atoms with Gasteiger partial charge in [0.05, 0.1) is 12.8 Å². The van der Waals surface area contributed by atoms with Crippen molar-refractivity contribution in [1.29, 1.82) is 0 Å². The molecule has 0 bridgehead atoms. The molecule has 0 heterocycles. The minimum absolute atomic E-state index is 0.454. The van der Waals surface area contributed by atoms with Crippen molar-refractivity contribution in [2.24, 2.45) is 5.10 Å². The van der Waals surface area contributed by atoms with E-state index in [0.29, 0.717) is 13.2 Å². The van der Waals surface area contributed by atoms with Gasteiger partial charge in [-0.2, -0.15) is 5.10 Å². The molecule has 2 rings (SSSR count). The fraction of sp³-hybridized carbons (Fsp3) is 0.118. The molecule has 2 aromatic carbocycles. The van der Waals surface area contributed by atoms with Gasteiger partial charge in [0.2, 0.25) is 0 Å². The van der Waals surface area contributed by atoms with Crippen LogP contribution < -0.4 is 10.2 Å². The van der Waals surface area contributed by atoms with Gasteiger partial charge in [-0.1, -0.05) is 58.4 Å². The lowest BCUT2D eigenvalue weighted by atomic mass is 10.2. The summed E-state index contributed by atoms with van der Waals surface area (Å²) in [5.41, 5.74) is 4.86. The van der Waals surface area contributed by atoms with Crippen LogP contribution >= 0.6 is 27.5 Å². The Labute approximate surface area is 143 Å². The molecule has 0 aromatic heterocycles. The van der Waals surface area contributed by atoms with Crippen molar-refractivity contribution in [3.63, 3.8) is 0 Å². The summed E-state index contributed by atoms with van der Waals surface area (Å²) in [6.45, 7) is 4.66. The first-order valence-electron chi connectivity index (χ1n) is 6.73. The third-order valence-electron chi connectivity index (χ3n) is 2.85. The van der Waals surface area contributed by atoms with Crippen LogP contribution in [0.1, 0.15) is 11.1 Å². The zero-order valence-corrected chi connectivity index (χ0v) is 14.3. The highest BCUT2D eigenvalue weighted by Gasteiger charge is 2.02. The Hall–Kier alpha value is -1.78. The van der Waals surface area contributed by atoms with Crippen molar-refractivity contribution >= 4 is 33.7 Å². The van der Waals surface area contributed by atoms with Crippen molar-refractivity contribution in [3.8, 4) is 5.75 Å². The minimum Gasteiger partial charge on any atom is -0.489 e. The number of halogens is 2. The Morgan fingerprint density at radius 1 is 1.27 bits per heavy atom. The number of ether oxygens (including phenoxy) is 1. The maximum atomic E-state index is 6.10. The number of nitrogens with one attached hydrogen (secondary N) is 1. The lowest BCUT2D eigenvalue weighted by Crippen LogP contribution is -2.06. The molecule has 0 spiro atoms. The smallest absolute Gasteiger partial charge is 0.128 e. The van der Waals surface area contributed by atoms with E-state index < -0.39 is 0 Å². The van der Waals surface area contributed by atoms with Crippen LogP contribution in [-0.4, -0.2) is 12.8 Å². The van der Waals surface area contributed by atoms with Crippen LogP contribution in [0.4, 0.5) is 0 Å². The number of nitrogens with zero attached hydrogens (tertiary/aromatic N) is 1. The van der Waals surface area contributed by atoms with Gasteiger partial charge in [-0.25, -0.2) is 0 Å². The molecule has 0 aliphatic carbocycles. The topological polar surface area (TPSA) is 33.6 Å². The number of benzene rings is 2. The molecular weight excluding hydrogens is 364 g/mol. The summed E-state index contributed by atoms with van der Waals surface area (Å²) in [5.74, 6) is 0.756. The lowest BCUT2D eigenvalue weighted by Gasteiger charge is -2.07. The van der Waals surface area contributed by atoms with Gasteiger partial charge < -0.3 is 10.2 Å². The van der Waals surface area contributed by atoms with Crippen LogP contribution in [-0.2, 0) is 6.54 Å². The zero-order valence-electron chi connectivity index (χ0n) is 11.9. The molecule has 0 unspecified atom stereocenters. The SMILES string of the molecule is C=CCOc1ccc(Br)cc1/C=N\NCc1ccccc1Cl. The molecule has 114 valence electrons. The summed E-state index contributed by atoms with van der Waals surface area (Å²) in [5, 5.41) is 4.95. The van der Waals surface area contributed by atoms with Gasteiger partial charge in [0, 0.05) is 15.1 Å². The van der Waals surface area contributed by atoms with Crippen molar-refractivity contribution < 1.29 is 4.74 Å². The van der Waals surface area contributed by atoms with Crippen molar-refractivity contribution in [1.82, 2.24) is 5.43 Å². The first-order valence-corrected chi connectivity index (χ1v) is 7.90. The van der Waals surface area contributed by atoms with E-state index in [4.69, 9.17) is 16.3 Å². The predicted octanol–water partition coefficient (Wildman–Crippen LogP) is 4.79. The minimum atomic E-state index is 0.454. The second-order valence-corrected chi connectivity index (χ2v) is 5.79. The summed E-state index contributed by atoms with van der Waals surface area (Å²) in [4.78, 5) is 0. The molecule has 2 aromatic rings. The summed E-state index contributed by atoms with van der Waals surface area (Å²) < 4.78 is 6.56. The number of rotatable bonds is 7. The number of hydrazone groups is 1. The van der Waals surface area contributed by atoms with E-state index in [2.05, 4.69) is 33.0 Å². The molecule has 22 heavy (non-hydrogen) atoms. The Kier molecular flexibility index (Phi) is 6.49. The molecule has 0 radical (unpaired) electrons. The molecule has 0 saturated heterocycles. The third-order valence-corrected chi connectivity index (χ3v) is 3.71. The van der Waals surface area contributed by atoms with Gasteiger partial charge in [0.15, 0.2) is 0 Å². The second-order valence-electron chi connectivity index (χ2n) is 4.47. The highest BCUT2D eigenvalue weighted by Crippen LogP contribution is 2.22. The van der Waals surface area contributed by atoms with E-state index in [0.717, 1.165) is 26.4 Å². The maximum Gasteiger partial charge on any atom is 0.128 e. The Morgan fingerprint density at radius 2 is 2.09 bits per heavy atom. The van der Waals surface area contributed by atoms with Crippen LogP contribution in [0.3, 0.4) is 0 Å². The molecule has 1 N–H and O–H groups in total. The van der Waals surface area contributed by atoms with Crippen LogP contribution in [0.2, 0.25) is 5.02 Å². The van der Waals surface area contributed by atoms with E-state index in [9.17, 15) is 0 Å². The first kappa shape index (κ1) is 16.6. The number of hydrogen-bond acceptors (Lipinski definition) is 3. The van der Waals surface area contributed by atoms with E-state index >= 15 is 0 Å². The maximum absolute atomic E-state index is 6.10. The molecule has 5 heteroatoms. The molecule has 0 fully saturated rings. The first-order chi connectivity index (χ1) is 10.7. The average Bonchev–Trinajstić information content (AvgIpc) is 2.52. The predicted molar refractivity (Wildman–Crippen MR) is 95.7 cm³/mol. The van der Waals surface area contributed by atoms with E-state index in [1.807, 2.05) is 42.5 Å². The van der Waals surface area contributed by atoms with Crippen molar-refractivity contribution in [3.05, 3.63) is 75.7 Å². The molecule has 3 nitrogen and oxygen atoms in total. The summed E-state index contributed by atoms with van der Waals surface area (Å²) in [7, 11) is 0. The average molecular weight is 380 g/mol. The van der Waals surface area contributed by atoms with Gasteiger partial charge in [-0.15, -0.1) is 0 Å². The number of hydrogen-bond donors (Lipinski definition) is 1. The summed E-state index contributed by atoms with van der Waals surface area (Å²) >= 11 is 9.54. The fourth-order valence-electron chi connectivity index (χ4n) is 1.79. The third kappa shape index (κ3) is 4.90. The fourth-order valence-corrected chi connectivity index (χ4v) is 2.37. The largest absolute Gasteiger partial charge is 0.489 e. The highest BCUT2D eigenvalue weighted by molar-refractivity contribution is 9.10. The van der Waals surface area contributed by atoms with Crippen LogP contribution in [0.25, 0.3) is 0 Å². The van der Waals surface area contributed by atoms with Crippen LogP contribution in [0.15, 0.2) is 64.7 Å². The van der Waals surface area contributed by atoms with Gasteiger partial charge in [-0.05, 0) is 29.8 Å². The Bertz CT molecular complexity index is 673. The van der Waals surface area contributed by atoms with E-state index in [1.165, 1.54) is 0 Å². The summed E-state index contributed by atoms with van der Waals surface area (Å²) in [6, 6.07) is 13.4. The molecule has 0 aliphatic rings. The van der Waals surface area contributed by atoms with Crippen molar-refractivity contribution in [2.75, 3.05) is 6.61 Å². The molecule has 0 atom stereocenters. The second kappa shape index (κ2) is 8.61.